The number of amides is 1. The number of nitrogens with zero attached hydrogens (tertiary/aromatic N) is 2. The van der Waals surface area contributed by atoms with Crippen molar-refractivity contribution in [1.29, 1.82) is 0 Å². The molecule has 0 radical (unpaired) electrons. The van der Waals surface area contributed by atoms with Gasteiger partial charge in [0, 0.05) is 19.6 Å². The van der Waals surface area contributed by atoms with Crippen LogP contribution in [-0.4, -0.2) is 43.6 Å². The fourth-order valence-corrected chi connectivity index (χ4v) is 3.02. The molecular formula is C16H23N3O2. The molecule has 5 nitrogen and oxygen atoms in total. The third-order valence-electron chi connectivity index (χ3n) is 4.25. The van der Waals surface area contributed by atoms with Crippen molar-refractivity contribution >= 4 is 11.6 Å². The molecule has 0 atom stereocenters. The molecule has 3 rings (SSSR count). The van der Waals surface area contributed by atoms with Gasteiger partial charge in [-0.25, -0.2) is 0 Å². The maximum atomic E-state index is 12.4. The first-order valence-corrected chi connectivity index (χ1v) is 7.76. The topological polar surface area (TPSA) is 58.8 Å². The van der Waals surface area contributed by atoms with Crippen molar-refractivity contribution in [3.8, 4) is 5.75 Å². The van der Waals surface area contributed by atoms with Crippen LogP contribution >= 0.6 is 0 Å². The average molecular weight is 289 g/mol. The van der Waals surface area contributed by atoms with E-state index in [1.54, 1.807) is 0 Å². The second-order valence-corrected chi connectivity index (χ2v) is 5.72. The van der Waals surface area contributed by atoms with E-state index in [1.165, 1.54) is 6.42 Å². The van der Waals surface area contributed by atoms with Crippen molar-refractivity contribution in [3.05, 3.63) is 23.8 Å². The van der Waals surface area contributed by atoms with Gasteiger partial charge < -0.3 is 20.3 Å². The molecule has 2 heterocycles. The lowest BCUT2D eigenvalue weighted by molar-refractivity contribution is -0.130. The summed E-state index contributed by atoms with van der Waals surface area (Å²) in [5.41, 5.74) is 7.72. The number of benzene rings is 1. The first-order valence-electron chi connectivity index (χ1n) is 7.76. The average Bonchev–Trinajstić information content (AvgIpc) is 2.55. The maximum Gasteiger partial charge on any atom is 0.242 e. The van der Waals surface area contributed by atoms with E-state index in [0.717, 1.165) is 49.5 Å². The van der Waals surface area contributed by atoms with E-state index in [4.69, 9.17) is 10.5 Å². The van der Waals surface area contributed by atoms with Gasteiger partial charge in [-0.15, -0.1) is 0 Å². The number of hydrogen-bond acceptors (Lipinski definition) is 4. The summed E-state index contributed by atoms with van der Waals surface area (Å²) in [7, 11) is 0. The largest absolute Gasteiger partial charge is 0.490 e. The zero-order valence-electron chi connectivity index (χ0n) is 12.4. The van der Waals surface area contributed by atoms with E-state index < -0.39 is 0 Å². The van der Waals surface area contributed by atoms with Crippen LogP contribution in [0.25, 0.3) is 0 Å². The zero-order chi connectivity index (χ0) is 14.7. The number of piperidine rings is 1. The number of carbonyl (C=O) groups excluding carboxylic acids is 1. The lowest BCUT2D eigenvalue weighted by atomic mass is 10.1. The van der Waals surface area contributed by atoms with Crippen LogP contribution in [0, 0.1) is 0 Å². The first kappa shape index (κ1) is 14.2. The predicted molar refractivity (Wildman–Crippen MR) is 82.5 cm³/mol. The molecule has 0 spiro atoms. The molecule has 114 valence electrons. The summed E-state index contributed by atoms with van der Waals surface area (Å²) in [5.74, 6) is 1.07. The van der Waals surface area contributed by atoms with E-state index >= 15 is 0 Å². The van der Waals surface area contributed by atoms with Crippen molar-refractivity contribution in [2.45, 2.75) is 25.8 Å². The lowest BCUT2D eigenvalue weighted by Gasteiger charge is -2.34. The van der Waals surface area contributed by atoms with Crippen LogP contribution in [-0.2, 0) is 11.3 Å². The fraction of sp³-hybridized carbons (Fsp3) is 0.562. The molecule has 2 N–H and O–H groups in total. The van der Waals surface area contributed by atoms with E-state index in [9.17, 15) is 4.79 Å². The molecule has 1 aromatic rings. The van der Waals surface area contributed by atoms with E-state index in [-0.39, 0.29) is 5.91 Å². The minimum absolute atomic E-state index is 0.227. The molecule has 5 heteroatoms. The molecule has 1 fully saturated rings. The summed E-state index contributed by atoms with van der Waals surface area (Å²) in [6.07, 6.45) is 3.50. The highest BCUT2D eigenvalue weighted by atomic mass is 16.5. The molecule has 0 saturated carbocycles. The molecule has 2 aliphatic rings. The van der Waals surface area contributed by atoms with Crippen molar-refractivity contribution in [2.24, 2.45) is 5.73 Å². The third kappa shape index (κ3) is 3.13. The van der Waals surface area contributed by atoms with Gasteiger partial charge in [0.1, 0.15) is 12.4 Å². The number of fused-ring (bicyclic) bond motifs is 1. The second kappa shape index (κ2) is 6.35. The quantitative estimate of drug-likeness (QED) is 0.912. The van der Waals surface area contributed by atoms with Crippen LogP contribution in [0.2, 0.25) is 0 Å². The van der Waals surface area contributed by atoms with Gasteiger partial charge in [-0.05, 0) is 37.0 Å². The predicted octanol–water partition coefficient (Wildman–Crippen LogP) is 1.36. The number of anilines is 1. The minimum atomic E-state index is 0.227. The summed E-state index contributed by atoms with van der Waals surface area (Å²) >= 11 is 0. The summed E-state index contributed by atoms with van der Waals surface area (Å²) in [4.78, 5) is 16.5. The van der Waals surface area contributed by atoms with Gasteiger partial charge in [-0.3, -0.25) is 4.79 Å². The molecule has 21 heavy (non-hydrogen) atoms. The Morgan fingerprint density at radius 3 is 2.76 bits per heavy atom. The Kier molecular flexibility index (Phi) is 4.29. The van der Waals surface area contributed by atoms with E-state index in [2.05, 4.69) is 4.90 Å². The van der Waals surface area contributed by atoms with Crippen molar-refractivity contribution in [3.63, 3.8) is 0 Å². The number of nitrogens with two attached hydrogens (primary N) is 1. The Bertz CT molecular complexity index is 512. The van der Waals surface area contributed by atoms with Gasteiger partial charge >= 0.3 is 0 Å². The van der Waals surface area contributed by atoms with Gasteiger partial charge in [-0.1, -0.05) is 6.07 Å². The lowest BCUT2D eigenvalue weighted by Crippen LogP contribution is -2.45. The molecule has 0 bridgehead atoms. The van der Waals surface area contributed by atoms with Gasteiger partial charge in [0.05, 0.1) is 18.8 Å². The SMILES string of the molecule is NCc1ccc2c(c1)OCCN2CC(=O)N1CCCCC1. The molecule has 1 saturated heterocycles. The van der Waals surface area contributed by atoms with Crippen LogP contribution in [0.1, 0.15) is 24.8 Å². The number of likely N-dealkylation sites (tertiary alicyclic amines) is 1. The molecule has 1 amide bonds. The minimum Gasteiger partial charge on any atom is -0.490 e. The Labute approximate surface area is 125 Å². The molecule has 1 aromatic carbocycles. The molecule has 2 aliphatic heterocycles. The highest BCUT2D eigenvalue weighted by Crippen LogP contribution is 2.32. The Morgan fingerprint density at radius 2 is 2.00 bits per heavy atom. The summed E-state index contributed by atoms with van der Waals surface area (Å²) in [6, 6.07) is 6.00. The summed E-state index contributed by atoms with van der Waals surface area (Å²) < 4.78 is 5.70. The Hall–Kier alpha value is -1.75. The number of hydrogen-bond donors (Lipinski definition) is 1. The van der Waals surface area contributed by atoms with E-state index in [1.807, 2.05) is 23.1 Å². The highest BCUT2D eigenvalue weighted by molar-refractivity contribution is 5.82. The van der Waals surface area contributed by atoms with Gasteiger partial charge in [0.2, 0.25) is 5.91 Å². The van der Waals surface area contributed by atoms with Gasteiger partial charge in [0.15, 0.2) is 0 Å². The van der Waals surface area contributed by atoms with Gasteiger partial charge in [-0.2, -0.15) is 0 Å². The zero-order valence-corrected chi connectivity index (χ0v) is 12.4. The monoisotopic (exact) mass is 289 g/mol. The normalized spacial score (nSPS) is 18.1. The molecule has 0 aliphatic carbocycles. The first-order chi connectivity index (χ1) is 10.3. The third-order valence-corrected chi connectivity index (χ3v) is 4.25. The number of rotatable bonds is 3. The Balaban J connectivity index is 1.71. The van der Waals surface area contributed by atoms with Crippen molar-refractivity contribution in [1.82, 2.24) is 4.90 Å². The van der Waals surface area contributed by atoms with Gasteiger partial charge in [0.25, 0.3) is 0 Å². The van der Waals surface area contributed by atoms with Crippen LogP contribution in [0.4, 0.5) is 5.69 Å². The van der Waals surface area contributed by atoms with Crippen LogP contribution in [0.5, 0.6) is 5.75 Å². The smallest absolute Gasteiger partial charge is 0.242 e. The fourth-order valence-electron chi connectivity index (χ4n) is 3.02. The van der Waals surface area contributed by atoms with Crippen LogP contribution in [0.15, 0.2) is 18.2 Å². The van der Waals surface area contributed by atoms with Crippen molar-refractivity contribution in [2.75, 3.05) is 37.7 Å². The Morgan fingerprint density at radius 1 is 1.19 bits per heavy atom. The summed E-state index contributed by atoms with van der Waals surface area (Å²) in [5, 5.41) is 0. The van der Waals surface area contributed by atoms with Crippen LogP contribution < -0.4 is 15.4 Å². The summed E-state index contributed by atoms with van der Waals surface area (Å²) in [6.45, 7) is 4.13. The standard InChI is InChI=1S/C16H23N3O2/c17-11-13-4-5-14-15(10-13)21-9-8-19(14)12-16(20)18-6-2-1-3-7-18/h4-5,10H,1-3,6-9,11-12,17H2. The second-order valence-electron chi connectivity index (χ2n) is 5.72. The molecule has 0 aromatic heterocycles. The molecular weight excluding hydrogens is 266 g/mol. The van der Waals surface area contributed by atoms with E-state index in [0.29, 0.717) is 19.7 Å². The molecule has 0 unspecified atom stereocenters. The number of carbonyl (C=O) groups is 1. The van der Waals surface area contributed by atoms with Crippen LogP contribution in [0.3, 0.4) is 0 Å². The maximum absolute atomic E-state index is 12.4. The van der Waals surface area contributed by atoms with Crippen molar-refractivity contribution < 1.29 is 9.53 Å². The highest BCUT2D eigenvalue weighted by Gasteiger charge is 2.23. The number of ether oxygens (including phenoxy) is 1.